The van der Waals surface area contributed by atoms with Crippen LogP contribution in [0.15, 0.2) is 36.4 Å². The van der Waals surface area contributed by atoms with E-state index in [4.69, 9.17) is 20.9 Å². The predicted molar refractivity (Wildman–Crippen MR) is 160 cm³/mol. The minimum Gasteiger partial charge on any atom is -0.493 e. The fraction of sp³-hybridized carbons (Fsp3) is 0.545. The van der Waals surface area contributed by atoms with E-state index in [0.29, 0.717) is 56.6 Å². The second-order valence-electron chi connectivity index (χ2n) is 12.3. The highest BCUT2D eigenvalue weighted by atomic mass is 19.4. The van der Waals surface area contributed by atoms with Crippen LogP contribution in [0.1, 0.15) is 89.0 Å². The summed E-state index contributed by atoms with van der Waals surface area (Å²) < 4.78 is 55.5. The van der Waals surface area contributed by atoms with Crippen LogP contribution in [-0.4, -0.2) is 37.1 Å². The van der Waals surface area contributed by atoms with Crippen molar-refractivity contribution in [1.29, 1.82) is 0 Å². The summed E-state index contributed by atoms with van der Waals surface area (Å²) >= 11 is 0. The lowest BCUT2D eigenvalue weighted by atomic mass is 9.79. The van der Waals surface area contributed by atoms with Gasteiger partial charge in [0.2, 0.25) is 0 Å². The zero-order chi connectivity index (χ0) is 31.1. The van der Waals surface area contributed by atoms with Gasteiger partial charge in [-0.25, -0.2) is 0 Å². The maximum absolute atomic E-state index is 13.2. The molecule has 1 unspecified atom stereocenters. The number of benzene rings is 2. The smallest absolute Gasteiger partial charge is 0.493 e. The van der Waals surface area contributed by atoms with Crippen molar-refractivity contribution in [2.45, 2.75) is 97.5 Å². The Morgan fingerprint density at radius 1 is 0.976 bits per heavy atom. The molecule has 0 aliphatic heterocycles. The molecular formula is C33H45F3N2O4. The number of nitrogens with two attached hydrogens (primary N) is 2. The lowest BCUT2D eigenvalue weighted by Crippen LogP contribution is -2.50. The number of fused-ring (bicyclic) bond motifs is 1. The Morgan fingerprint density at radius 2 is 1.69 bits per heavy atom. The lowest BCUT2D eigenvalue weighted by molar-refractivity contribution is -0.274. The standard InChI is InChI=1S/C33H45F3N2O4/c1-6-22-13-16-25(28(19-22)42-33(34,35)36)24-15-14-23-11-10-12-27(26(23)20-24)40-17-8-7-9-18-41-30(39)32(4,5)29(37)21-31(2,3)38/h10-13,16,19-20,29H,6-9,14-15,17-18,21,37-38H2,1-5H3. The molecule has 3 rings (SSSR count). The van der Waals surface area contributed by atoms with Gasteiger partial charge in [0.1, 0.15) is 11.5 Å². The number of halogens is 3. The molecule has 0 bridgehead atoms. The summed E-state index contributed by atoms with van der Waals surface area (Å²) in [6.45, 7) is 9.97. The molecule has 0 amide bonds. The number of rotatable bonds is 14. The molecule has 0 saturated heterocycles. The average Bonchev–Trinajstić information content (AvgIpc) is 2.90. The summed E-state index contributed by atoms with van der Waals surface area (Å²) in [5, 5.41) is 0. The lowest BCUT2D eigenvalue weighted by Gasteiger charge is -2.33. The summed E-state index contributed by atoms with van der Waals surface area (Å²) in [6.07, 6.45) is 1.78. The average molecular weight is 591 g/mol. The Balaban J connectivity index is 1.56. The third-order valence-corrected chi connectivity index (χ3v) is 7.64. The number of hydrogen-bond acceptors (Lipinski definition) is 6. The first kappa shape index (κ1) is 33.5. The first-order valence-corrected chi connectivity index (χ1v) is 14.7. The molecule has 0 fully saturated rings. The summed E-state index contributed by atoms with van der Waals surface area (Å²) in [5.74, 6) is 0.185. The van der Waals surface area contributed by atoms with Gasteiger partial charge in [-0.15, -0.1) is 13.2 Å². The fourth-order valence-corrected chi connectivity index (χ4v) is 4.97. The van der Waals surface area contributed by atoms with Crippen LogP contribution in [0.4, 0.5) is 13.2 Å². The van der Waals surface area contributed by atoms with Crippen molar-refractivity contribution in [3.63, 3.8) is 0 Å². The van der Waals surface area contributed by atoms with Crippen LogP contribution >= 0.6 is 0 Å². The van der Waals surface area contributed by atoms with Crippen molar-refractivity contribution in [2.24, 2.45) is 16.9 Å². The van der Waals surface area contributed by atoms with Gasteiger partial charge in [-0.3, -0.25) is 4.79 Å². The number of ether oxygens (including phenoxy) is 3. The molecule has 9 heteroatoms. The Labute approximate surface area is 247 Å². The van der Waals surface area contributed by atoms with E-state index in [9.17, 15) is 18.0 Å². The van der Waals surface area contributed by atoms with Crippen LogP contribution in [0, 0.1) is 5.41 Å². The molecule has 0 spiro atoms. The maximum atomic E-state index is 13.2. The number of carbonyl (C=O) groups is 1. The topological polar surface area (TPSA) is 96.8 Å². The van der Waals surface area contributed by atoms with Gasteiger partial charge in [-0.2, -0.15) is 0 Å². The van der Waals surface area contributed by atoms with Gasteiger partial charge >= 0.3 is 12.3 Å². The SMILES string of the molecule is CCc1ccc(C2=Cc3c(cccc3OCCCCCOC(=O)C(C)(C)C(N)CC(C)(C)N)CC2)c(OC(F)(F)F)c1. The number of unbranched alkanes of at least 4 members (excludes halogenated alkanes) is 2. The van der Waals surface area contributed by atoms with Crippen molar-refractivity contribution >= 4 is 17.6 Å². The molecule has 0 radical (unpaired) electrons. The zero-order valence-electron chi connectivity index (χ0n) is 25.4. The van der Waals surface area contributed by atoms with Gasteiger partial charge in [0, 0.05) is 22.7 Å². The Kier molecular flexibility index (Phi) is 11.1. The third kappa shape index (κ3) is 9.49. The monoisotopic (exact) mass is 590 g/mol. The third-order valence-electron chi connectivity index (χ3n) is 7.64. The van der Waals surface area contributed by atoms with Crippen LogP contribution in [-0.2, 0) is 22.4 Å². The van der Waals surface area contributed by atoms with Crippen LogP contribution < -0.4 is 20.9 Å². The van der Waals surface area contributed by atoms with Crippen molar-refractivity contribution in [2.75, 3.05) is 13.2 Å². The van der Waals surface area contributed by atoms with E-state index in [1.54, 1.807) is 19.9 Å². The molecule has 0 aromatic heterocycles. The van der Waals surface area contributed by atoms with Crippen LogP contribution in [0.3, 0.4) is 0 Å². The Hall–Kier alpha value is -3.04. The fourth-order valence-electron chi connectivity index (χ4n) is 4.97. The number of aryl methyl sites for hydroxylation is 2. The highest BCUT2D eigenvalue weighted by molar-refractivity contribution is 5.88. The first-order valence-electron chi connectivity index (χ1n) is 14.7. The van der Waals surface area contributed by atoms with Gasteiger partial charge in [-0.1, -0.05) is 31.2 Å². The number of carbonyl (C=O) groups excluding carboxylic acids is 1. The van der Waals surface area contributed by atoms with Gasteiger partial charge < -0.3 is 25.7 Å². The minimum atomic E-state index is -4.77. The van der Waals surface area contributed by atoms with Crippen LogP contribution in [0.5, 0.6) is 11.5 Å². The van der Waals surface area contributed by atoms with Gasteiger partial charge in [0.05, 0.1) is 18.6 Å². The van der Waals surface area contributed by atoms with Gasteiger partial charge in [0.15, 0.2) is 0 Å². The van der Waals surface area contributed by atoms with Crippen LogP contribution in [0.25, 0.3) is 11.6 Å². The highest BCUT2D eigenvalue weighted by Gasteiger charge is 2.38. The van der Waals surface area contributed by atoms with E-state index >= 15 is 0 Å². The summed E-state index contributed by atoms with van der Waals surface area (Å²) in [5.41, 5.74) is 15.0. The molecule has 0 saturated carbocycles. The summed E-state index contributed by atoms with van der Waals surface area (Å²) in [7, 11) is 0. The molecule has 6 nitrogen and oxygen atoms in total. The summed E-state index contributed by atoms with van der Waals surface area (Å²) in [6, 6.07) is 10.4. The molecule has 1 aliphatic carbocycles. The molecule has 2 aromatic carbocycles. The molecule has 0 heterocycles. The van der Waals surface area contributed by atoms with Crippen molar-refractivity contribution in [1.82, 2.24) is 0 Å². The minimum absolute atomic E-state index is 0.177. The Bertz CT molecular complexity index is 1250. The normalized spacial score (nSPS) is 14.6. The van der Waals surface area contributed by atoms with Crippen LogP contribution in [0.2, 0.25) is 0 Å². The molecule has 1 aliphatic rings. The summed E-state index contributed by atoms with van der Waals surface area (Å²) in [4.78, 5) is 12.6. The predicted octanol–water partition coefficient (Wildman–Crippen LogP) is 7.21. The van der Waals surface area contributed by atoms with E-state index in [1.807, 2.05) is 51.1 Å². The Morgan fingerprint density at radius 3 is 2.36 bits per heavy atom. The van der Waals surface area contributed by atoms with Gasteiger partial charge in [0.25, 0.3) is 0 Å². The quantitative estimate of drug-likeness (QED) is 0.178. The second kappa shape index (κ2) is 14.0. The molecular weight excluding hydrogens is 545 g/mol. The van der Waals surface area contributed by atoms with Crippen molar-refractivity contribution in [3.05, 3.63) is 58.7 Å². The molecule has 4 N–H and O–H groups in total. The van der Waals surface area contributed by atoms with E-state index in [2.05, 4.69) is 4.74 Å². The van der Waals surface area contributed by atoms with E-state index in [-0.39, 0.29) is 11.7 Å². The number of allylic oxidation sites excluding steroid dienone is 1. The number of alkyl halides is 3. The first-order chi connectivity index (χ1) is 19.6. The highest BCUT2D eigenvalue weighted by Crippen LogP contribution is 2.40. The number of esters is 1. The largest absolute Gasteiger partial charge is 0.573 e. The molecule has 42 heavy (non-hydrogen) atoms. The van der Waals surface area contributed by atoms with E-state index < -0.39 is 23.4 Å². The van der Waals surface area contributed by atoms with E-state index in [0.717, 1.165) is 35.1 Å². The second-order valence-corrected chi connectivity index (χ2v) is 12.3. The zero-order valence-corrected chi connectivity index (χ0v) is 25.4. The van der Waals surface area contributed by atoms with Crippen molar-refractivity contribution in [3.8, 4) is 11.5 Å². The number of hydrogen-bond donors (Lipinski definition) is 2. The molecule has 2 aromatic rings. The van der Waals surface area contributed by atoms with Gasteiger partial charge in [-0.05, 0) is 108 Å². The van der Waals surface area contributed by atoms with Crippen molar-refractivity contribution < 1.29 is 32.2 Å². The van der Waals surface area contributed by atoms with E-state index in [1.165, 1.54) is 6.07 Å². The molecule has 232 valence electrons. The molecule has 1 atom stereocenters. The maximum Gasteiger partial charge on any atom is 0.573 e.